The van der Waals surface area contributed by atoms with Gasteiger partial charge in [-0.25, -0.2) is 9.37 Å². The first kappa shape index (κ1) is 25.3. The summed E-state index contributed by atoms with van der Waals surface area (Å²) in [7, 11) is 1.81. The summed E-state index contributed by atoms with van der Waals surface area (Å²) in [6.45, 7) is 4.21. The number of nitro groups is 1. The minimum absolute atomic E-state index is 0.0618. The van der Waals surface area contributed by atoms with Gasteiger partial charge in [0.1, 0.15) is 5.82 Å². The molecule has 2 saturated heterocycles. The number of fused-ring (bicyclic) bond motifs is 1. The van der Waals surface area contributed by atoms with Crippen molar-refractivity contribution in [2.24, 2.45) is 7.05 Å². The standard InChI is InChI=1S/C28H33FN8O2/c1-33-19-30-26(37(38)39)27(33)35-16-12-23(13-17-35)34-14-10-22(11-15-34)31-28-32-24-4-2-3-5-25(24)36(28)18-20-6-8-21(29)9-7-20/h2-9,19,22-23H,10-18H2,1H3,(H,31,32). The molecule has 6 rings (SSSR count). The number of nitrogens with one attached hydrogen (secondary N) is 1. The molecule has 11 heteroatoms. The Hall–Kier alpha value is -3.99. The predicted octanol–water partition coefficient (Wildman–Crippen LogP) is 4.41. The van der Waals surface area contributed by atoms with E-state index in [-0.39, 0.29) is 11.6 Å². The second-order valence-corrected chi connectivity index (χ2v) is 10.6. The lowest BCUT2D eigenvalue weighted by Gasteiger charge is -2.42. The monoisotopic (exact) mass is 532 g/mol. The van der Waals surface area contributed by atoms with Gasteiger partial charge in [0, 0.05) is 45.3 Å². The molecule has 0 radical (unpaired) electrons. The van der Waals surface area contributed by atoms with E-state index in [1.807, 2.05) is 37.4 Å². The molecule has 2 aromatic carbocycles. The van der Waals surface area contributed by atoms with Crippen LogP contribution in [0.2, 0.25) is 0 Å². The molecule has 0 amide bonds. The topological polar surface area (TPSA) is 97.3 Å². The summed E-state index contributed by atoms with van der Waals surface area (Å²) in [5, 5.41) is 15.1. The van der Waals surface area contributed by atoms with Crippen LogP contribution in [0, 0.1) is 15.9 Å². The largest absolute Gasteiger partial charge is 0.406 e. The third kappa shape index (κ3) is 5.18. The van der Waals surface area contributed by atoms with Gasteiger partial charge in [0.25, 0.3) is 0 Å². The number of aromatic nitrogens is 4. The number of para-hydroxylation sites is 2. The van der Waals surface area contributed by atoms with Crippen molar-refractivity contribution in [3.8, 4) is 0 Å². The highest BCUT2D eigenvalue weighted by molar-refractivity contribution is 5.78. The first-order chi connectivity index (χ1) is 19.0. The van der Waals surface area contributed by atoms with Crippen molar-refractivity contribution in [3.05, 3.63) is 76.4 Å². The Kier molecular flexibility index (Phi) is 6.90. The van der Waals surface area contributed by atoms with Gasteiger partial charge in [-0.05, 0) is 65.4 Å². The third-order valence-corrected chi connectivity index (χ3v) is 8.11. The van der Waals surface area contributed by atoms with Crippen molar-refractivity contribution in [3.63, 3.8) is 0 Å². The highest BCUT2D eigenvalue weighted by atomic mass is 19.1. The van der Waals surface area contributed by atoms with Gasteiger partial charge in [0.05, 0.1) is 17.6 Å². The van der Waals surface area contributed by atoms with Crippen LogP contribution in [0.25, 0.3) is 11.0 Å². The molecule has 2 aliphatic rings. The smallest absolute Gasteiger partial charge is 0.358 e. The Labute approximate surface area is 226 Å². The molecule has 0 saturated carbocycles. The SMILES string of the molecule is Cn1cnc([N+](=O)[O-])c1N1CCC(N2CCC(Nc3nc4ccccc4n3Cc3ccc(F)cc3)CC2)CC1. The molecule has 0 atom stereocenters. The maximum Gasteiger partial charge on any atom is 0.406 e. The van der Waals surface area contributed by atoms with Gasteiger partial charge in [-0.15, -0.1) is 0 Å². The average Bonchev–Trinajstić information content (AvgIpc) is 3.51. The quantitative estimate of drug-likeness (QED) is 0.278. The number of nitrogens with zero attached hydrogens (tertiary/aromatic N) is 7. The maximum atomic E-state index is 13.5. The number of anilines is 2. The van der Waals surface area contributed by atoms with E-state index in [0.29, 0.717) is 24.4 Å². The Bertz CT molecular complexity index is 1450. The van der Waals surface area contributed by atoms with Crippen molar-refractivity contribution in [1.82, 2.24) is 24.0 Å². The van der Waals surface area contributed by atoms with Crippen molar-refractivity contribution in [2.45, 2.75) is 44.3 Å². The molecular formula is C28H33FN8O2. The first-order valence-corrected chi connectivity index (χ1v) is 13.6. The fourth-order valence-electron chi connectivity index (χ4n) is 6.06. The average molecular weight is 533 g/mol. The van der Waals surface area contributed by atoms with Crippen LogP contribution in [0.1, 0.15) is 31.2 Å². The number of hydrogen-bond acceptors (Lipinski definition) is 7. The summed E-state index contributed by atoms with van der Waals surface area (Å²) in [6.07, 6.45) is 5.52. The van der Waals surface area contributed by atoms with Gasteiger partial charge >= 0.3 is 5.82 Å². The van der Waals surface area contributed by atoms with Gasteiger partial charge in [-0.2, -0.15) is 0 Å². The summed E-state index contributed by atoms with van der Waals surface area (Å²) in [6, 6.07) is 15.6. The number of piperidine rings is 2. The summed E-state index contributed by atoms with van der Waals surface area (Å²) in [5.41, 5.74) is 3.03. The van der Waals surface area contributed by atoms with Crippen molar-refractivity contribution in [2.75, 3.05) is 36.4 Å². The van der Waals surface area contributed by atoms with Crippen LogP contribution in [0.15, 0.2) is 54.9 Å². The summed E-state index contributed by atoms with van der Waals surface area (Å²) in [5.74, 6) is 1.16. The lowest BCUT2D eigenvalue weighted by atomic mass is 9.98. The molecule has 0 spiro atoms. The number of aryl methyl sites for hydroxylation is 1. The van der Waals surface area contributed by atoms with Crippen LogP contribution >= 0.6 is 0 Å². The zero-order chi connectivity index (χ0) is 26.9. The van der Waals surface area contributed by atoms with Crippen LogP contribution in [-0.4, -0.2) is 67.2 Å². The van der Waals surface area contributed by atoms with Gasteiger partial charge in [0.15, 0.2) is 0 Å². The zero-order valence-electron chi connectivity index (χ0n) is 22.0. The molecule has 10 nitrogen and oxygen atoms in total. The molecule has 0 bridgehead atoms. The van der Waals surface area contributed by atoms with Crippen LogP contribution in [0.3, 0.4) is 0 Å². The Balaban J connectivity index is 1.08. The van der Waals surface area contributed by atoms with Crippen LogP contribution in [0.4, 0.5) is 22.0 Å². The normalized spacial score (nSPS) is 17.6. The van der Waals surface area contributed by atoms with E-state index in [0.717, 1.165) is 74.4 Å². The Morgan fingerprint density at radius 1 is 1.03 bits per heavy atom. The molecular weight excluding hydrogens is 499 g/mol. The number of benzene rings is 2. The lowest BCUT2D eigenvalue weighted by Crippen LogP contribution is -2.49. The molecule has 0 aliphatic carbocycles. The molecule has 204 valence electrons. The number of halogens is 1. The number of hydrogen-bond donors (Lipinski definition) is 1. The summed E-state index contributed by atoms with van der Waals surface area (Å²) in [4.78, 5) is 24.5. The van der Waals surface area contributed by atoms with E-state index in [2.05, 4.69) is 30.7 Å². The van der Waals surface area contributed by atoms with Gasteiger partial charge < -0.3 is 29.8 Å². The minimum atomic E-state index is -0.396. The fraction of sp³-hybridized carbons (Fsp3) is 0.429. The molecule has 2 aliphatic heterocycles. The highest BCUT2D eigenvalue weighted by Crippen LogP contribution is 2.31. The van der Waals surface area contributed by atoms with E-state index >= 15 is 0 Å². The van der Waals surface area contributed by atoms with Crippen LogP contribution in [-0.2, 0) is 13.6 Å². The minimum Gasteiger partial charge on any atom is -0.358 e. The second kappa shape index (κ2) is 10.6. The Morgan fingerprint density at radius 2 is 1.74 bits per heavy atom. The molecule has 0 unspecified atom stereocenters. The fourth-order valence-corrected chi connectivity index (χ4v) is 6.06. The van der Waals surface area contributed by atoms with Crippen molar-refractivity contribution >= 4 is 28.6 Å². The van der Waals surface area contributed by atoms with E-state index < -0.39 is 4.92 Å². The molecule has 39 heavy (non-hydrogen) atoms. The summed E-state index contributed by atoms with van der Waals surface area (Å²) < 4.78 is 17.4. The summed E-state index contributed by atoms with van der Waals surface area (Å²) >= 11 is 0. The Morgan fingerprint density at radius 3 is 2.46 bits per heavy atom. The maximum absolute atomic E-state index is 13.5. The number of likely N-dealkylation sites (tertiary alicyclic amines) is 1. The third-order valence-electron chi connectivity index (χ3n) is 8.11. The lowest BCUT2D eigenvalue weighted by molar-refractivity contribution is -0.388. The van der Waals surface area contributed by atoms with E-state index in [1.54, 1.807) is 4.57 Å². The second-order valence-electron chi connectivity index (χ2n) is 10.6. The van der Waals surface area contributed by atoms with Crippen molar-refractivity contribution in [1.29, 1.82) is 0 Å². The zero-order valence-corrected chi connectivity index (χ0v) is 22.0. The molecule has 4 heterocycles. The van der Waals surface area contributed by atoms with E-state index in [9.17, 15) is 14.5 Å². The first-order valence-electron chi connectivity index (χ1n) is 13.6. The predicted molar refractivity (Wildman–Crippen MR) is 149 cm³/mol. The van der Waals surface area contributed by atoms with Gasteiger partial charge in [0.2, 0.25) is 18.1 Å². The number of rotatable bonds is 7. The van der Waals surface area contributed by atoms with E-state index in [4.69, 9.17) is 4.98 Å². The van der Waals surface area contributed by atoms with Crippen LogP contribution < -0.4 is 10.2 Å². The molecule has 4 aromatic rings. The molecule has 2 aromatic heterocycles. The van der Waals surface area contributed by atoms with Gasteiger partial charge in [-0.3, -0.25) is 4.57 Å². The highest BCUT2D eigenvalue weighted by Gasteiger charge is 2.32. The molecule has 1 N–H and O–H groups in total. The molecule has 2 fully saturated rings. The number of imidazole rings is 2. The van der Waals surface area contributed by atoms with Gasteiger partial charge in [-0.1, -0.05) is 24.3 Å². The van der Waals surface area contributed by atoms with Crippen molar-refractivity contribution < 1.29 is 9.31 Å². The van der Waals surface area contributed by atoms with E-state index in [1.165, 1.54) is 18.5 Å². The van der Waals surface area contributed by atoms with Crippen LogP contribution in [0.5, 0.6) is 0 Å².